The maximum absolute atomic E-state index is 13.2. The highest BCUT2D eigenvalue weighted by Gasteiger charge is 2.49. The Hall–Kier alpha value is -2.25. The van der Waals surface area contributed by atoms with E-state index in [1.54, 1.807) is 0 Å². The number of morpholine rings is 1. The molecule has 0 aliphatic carbocycles. The molecule has 0 spiro atoms. The minimum absolute atomic E-state index is 0.128. The molecule has 1 amide bonds. The molecule has 0 unspecified atom stereocenters. The lowest BCUT2D eigenvalue weighted by Crippen LogP contribution is -2.68. The summed E-state index contributed by atoms with van der Waals surface area (Å²) in [4.78, 5) is 19.9. The van der Waals surface area contributed by atoms with Gasteiger partial charge in [0.25, 0.3) is 0 Å². The maximum atomic E-state index is 13.2. The van der Waals surface area contributed by atoms with E-state index >= 15 is 0 Å². The zero-order valence-corrected chi connectivity index (χ0v) is 20.2. The Morgan fingerprint density at radius 2 is 1.74 bits per heavy atom. The molecule has 3 atom stereocenters. The molecule has 2 aromatic carbocycles. The van der Waals surface area contributed by atoms with Crippen molar-refractivity contribution >= 4 is 5.91 Å². The molecule has 6 nitrogen and oxygen atoms in total. The third-order valence-corrected chi connectivity index (χ3v) is 7.94. The number of benzene rings is 2. The minimum Gasteiger partial charge on any atom is -0.395 e. The second kappa shape index (κ2) is 10.6. The number of aliphatic hydroxyl groups excluding tert-OH is 1. The SMILES string of the molecule is Cc1ccccc1-c1ccc([C@H]2[C@H](CO)N3CCCCN(C(=O)CN4CCOCC4)C[C@@H]23)cc1. The van der Waals surface area contributed by atoms with E-state index in [2.05, 4.69) is 70.2 Å². The molecule has 0 aromatic heterocycles. The topological polar surface area (TPSA) is 56.2 Å². The van der Waals surface area contributed by atoms with Gasteiger partial charge in [-0.2, -0.15) is 0 Å². The van der Waals surface area contributed by atoms with Crippen molar-refractivity contribution in [1.29, 1.82) is 0 Å². The van der Waals surface area contributed by atoms with Gasteiger partial charge < -0.3 is 14.7 Å². The summed E-state index contributed by atoms with van der Waals surface area (Å²) in [6.45, 7) is 8.43. The van der Waals surface area contributed by atoms with Crippen molar-refractivity contribution in [2.75, 3.05) is 59.1 Å². The van der Waals surface area contributed by atoms with E-state index in [0.717, 1.165) is 45.6 Å². The molecule has 6 heteroatoms. The van der Waals surface area contributed by atoms with Crippen LogP contribution in [-0.4, -0.2) is 96.9 Å². The second-order valence-electron chi connectivity index (χ2n) is 9.95. The quantitative estimate of drug-likeness (QED) is 0.739. The molecule has 3 heterocycles. The van der Waals surface area contributed by atoms with Crippen LogP contribution in [0.3, 0.4) is 0 Å². The molecule has 3 saturated heterocycles. The number of nitrogens with zero attached hydrogens (tertiary/aromatic N) is 3. The summed E-state index contributed by atoms with van der Waals surface area (Å²) in [7, 11) is 0. The molecule has 0 radical (unpaired) electrons. The molecule has 0 bridgehead atoms. The lowest BCUT2D eigenvalue weighted by Gasteiger charge is -2.57. The van der Waals surface area contributed by atoms with E-state index in [1.807, 2.05) is 0 Å². The van der Waals surface area contributed by atoms with E-state index in [1.165, 1.54) is 22.3 Å². The average molecular weight is 464 g/mol. The van der Waals surface area contributed by atoms with Crippen LogP contribution in [-0.2, 0) is 9.53 Å². The number of hydrogen-bond acceptors (Lipinski definition) is 5. The summed E-state index contributed by atoms with van der Waals surface area (Å²) < 4.78 is 5.44. The van der Waals surface area contributed by atoms with Gasteiger partial charge in [0.05, 0.1) is 26.4 Å². The Morgan fingerprint density at radius 1 is 1.00 bits per heavy atom. The second-order valence-corrected chi connectivity index (χ2v) is 9.95. The van der Waals surface area contributed by atoms with Gasteiger partial charge >= 0.3 is 0 Å². The van der Waals surface area contributed by atoms with Gasteiger partial charge in [0.15, 0.2) is 0 Å². The monoisotopic (exact) mass is 463 g/mol. The number of ether oxygens (including phenoxy) is 1. The third kappa shape index (κ3) is 4.78. The first-order valence-corrected chi connectivity index (χ1v) is 12.8. The first-order valence-electron chi connectivity index (χ1n) is 12.8. The van der Waals surface area contributed by atoms with Crippen LogP contribution in [0.2, 0.25) is 0 Å². The van der Waals surface area contributed by atoms with Crippen LogP contribution in [0.5, 0.6) is 0 Å². The number of rotatable bonds is 5. The van der Waals surface area contributed by atoms with E-state index in [-0.39, 0.29) is 30.5 Å². The van der Waals surface area contributed by atoms with Gasteiger partial charge in [-0.15, -0.1) is 0 Å². The largest absolute Gasteiger partial charge is 0.395 e. The van der Waals surface area contributed by atoms with Crippen molar-refractivity contribution in [3.8, 4) is 11.1 Å². The zero-order valence-electron chi connectivity index (χ0n) is 20.2. The van der Waals surface area contributed by atoms with Crippen molar-refractivity contribution < 1.29 is 14.6 Å². The fraction of sp³-hybridized carbons (Fsp3) is 0.536. The molecule has 5 rings (SSSR count). The van der Waals surface area contributed by atoms with Crippen LogP contribution < -0.4 is 0 Å². The highest BCUT2D eigenvalue weighted by molar-refractivity contribution is 5.78. The molecule has 2 aromatic rings. The Labute approximate surface area is 203 Å². The van der Waals surface area contributed by atoms with Crippen LogP contribution in [0.15, 0.2) is 48.5 Å². The van der Waals surface area contributed by atoms with Crippen LogP contribution in [0.25, 0.3) is 11.1 Å². The zero-order chi connectivity index (χ0) is 23.5. The maximum Gasteiger partial charge on any atom is 0.236 e. The predicted octanol–water partition coefficient (Wildman–Crippen LogP) is 2.75. The number of carbonyl (C=O) groups excluding carboxylic acids is 1. The van der Waals surface area contributed by atoms with Crippen LogP contribution in [0.4, 0.5) is 0 Å². The van der Waals surface area contributed by atoms with Crippen LogP contribution in [0.1, 0.15) is 29.9 Å². The van der Waals surface area contributed by atoms with E-state index in [4.69, 9.17) is 4.74 Å². The van der Waals surface area contributed by atoms with Gasteiger partial charge in [-0.1, -0.05) is 48.5 Å². The molecule has 3 aliphatic rings. The Morgan fingerprint density at radius 3 is 2.47 bits per heavy atom. The molecule has 34 heavy (non-hydrogen) atoms. The molecular formula is C28H37N3O3. The molecule has 3 aliphatic heterocycles. The summed E-state index contributed by atoms with van der Waals surface area (Å²) >= 11 is 0. The fourth-order valence-electron chi connectivity index (χ4n) is 6.00. The summed E-state index contributed by atoms with van der Waals surface area (Å²) in [5, 5.41) is 10.2. The van der Waals surface area contributed by atoms with E-state index in [9.17, 15) is 9.90 Å². The van der Waals surface area contributed by atoms with Crippen molar-refractivity contribution in [2.24, 2.45) is 0 Å². The Balaban J connectivity index is 1.33. The van der Waals surface area contributed by atoms with E-state index < -0.39 is 0 Å². The van der Waals surface area contributed by atoms with Gasteiger partial charge in [0.1, 0.15) is 0 Å². The van der Waals surface area contributed by atoms with Gasteiger partial charge in [-0.25, -0.2) is 0 Å². The van der Waals surface area contributed by atoms with Crippen LogP contribution >= 0.6 is 0 Å². The smallest absolute Gasteiger partial charge is 0.236 e. The fourth-order valence-corrected chi connectivity index (χ4v) is 6.00. The molecule has 3 fully saturated rings. The first kappa shape index (κ1) is 23.5. The normalized spacial score (nSPS) is 26.3. The van der Waals surface area contributed by atoms with Crippen molar-refractivity contribution in [3.05, 3.63) is 59.7 Å². The summed E-state index contributed by atoms with van der Waals surface area (Å²) in [5.74, 6) is 0.470. The Bertz CT molecular complexity index is 973. The van der Waals surface area contributed by atoms with Crippen molar-refractivity contribution in [3.63, 3.8) is 0 Å². The molecule has 0 saturated carbocycles. The number of fused-ring (bicyclic) bond motifs is 1. The predicted molar refractivity (Wildman–Crippen MR) is 134 cm³/mol. The molecule has 182 valence electrons. The average Bonchev–Trinajstić information content (AvgIpc) is 2.84. The number of carbonyl (C=O) groups is 1. The molecule has 1 N–H and O–H groups in total. The summed E-state index contributed by atoms with van der Waals surface area (Å²) in [6.07, 6.45) is 2.08. The highest BCUT2D eigenvalue weighted by atomic mass is 16.5. The lowest BCUT2D eigenvalue weighted by molar-refractivity contribution is -0.138. The number of amides is 1. The minimum atomic E-state index is 0.128. The van der Waals surface area contributed by atoms with E-state index in [0.29, 0.717) is 19.8 Å². The number of hydrogen-bond donors (Lipinski definition) is 1. The number of aryl methyl sites for hydroxylation is 1. The van der Waals surface area contributed by atoms with Gasteiger partial charge in [-0.05, 0) is 48.6 Å². The summed E-state index contributed by atoms with van der Waals surface area (Å²) in [6, 6.07) is 17.7. The first-order chi connectivity index (χ1) is 16.7. The lowest BCUT2D eigenvalue weighted by atomic mass is 9.74. The van der Waals surface area contributed by atoms with Gasteiger partial charge in [-0.3, -0.25) is 14.6 Å². The summed E-state index contributed by atoms with van der Waals surface area (Å²) in [5.41, 5.74) is 5.01. The van der Waals surface area contributed by atoms with Crippen molar-refractivity contribution in [1.82, 2.24) is 14.7 Å². The highest BCUT2D eigenvalue weighted by Crippen LogP contribution is 2.42. The molecular weight excluding hydrogens is 426 g/mol. The third-order valence-electron chi connectivity index (χ3n) is 7.94. The van der Waals surface area contributed by atoms with Gasteiger partial charge in [0, 0.05) is 44.2 Å². The number of aliphatic hydroxyl groups is 1. The van der Waals surface area contributed by atoms with Crippen LogP contribution in [0, 0.1) is 6.92 Å². The van der Waals surface area contributed by atoms with Gasteiger partial charge in [0.2, 0.25) is 5.91 Å². The van der Waals surface area contributed by atoms with Crippen molar-refractivity contribution in [2.45, 2.75) is 37.8 Å². The Kier molecular flexibility index (Phi) is 7.30. The standard InChI is InChI=1S/C28H37N3O3/c1-21-6-2-3-7-24(21)22-8-10-23(11-9-22)28-25-18-30(12-4-5-13-31(25)26(28)20-32)27(33)19-29-14-16-34-17-15-29/h2-3,6-11,25-26,28,32H,4-5,12-20H2,1H3/t25-,26-,28+/m0/s1.